The van der Waals surface area contributed by atoms with Gasteiger partial charge >= 0.3 is 7.60 Å². The second kappa shape index (κ2) is 7.56. The summed E-state index contributed by atoms with van der Waals surface area (Å²) in [5.41, 5.74) is 3.20. The summed E-state index contributed by atoms with van der Waals surface area (Å²) in [6, 6.07) is 18.1. The fraction of sp³-hybridized carbons (Fsp3) is 0.294. The fourth-order valence-electron chi connectivity index (χ4n) is 2.23. The van der Waals surface area contributed by atoms with Crippen molar-refractivity contribution in [3.63, 3.8) is 0 Å². The zero-order valence-electron chi connectivity index (χ0n) is 12.5. The van der Waals surface area contributed by atoms with Crippen molar-refractivity contribution in [1.29, 1.82) is 0 Å². The van der Waals surface area contributed by atoms with Crippen LogP contribution in [0, 0.1) is 0 Å². The van der Waals surface area contributed by atoms with Crippen LogP contribution in [0.5, 0.6) is 0 Å². The van der Waals surface area contributed by atoms with E-state index in [0.717, 1.165) is 16.7 Å². The molecule has 21 heavy (non-hydrogen) atoms. The highest BCUT2D eigenvalue weighted by Gasteiger charge is 2.24. The van der Waals surface area contributed by atoms with Crippen molar-refractivity contribution in [3.8, 4) is 11.1 Å². The maximum atomic E-state index is 12.6. The van der Waals surface area contributed by atoms with Gasteiger partial charge in [-0.3, -0.25) is 4.57 Å². The summed E-state index contributed by atoms with van der Waals surface area (Å²) in [5.74, 6) is 0. The van der Waals surface area contributed by atoms with E-state index >= 15 is 0 Å². The smallest absolute Gasteiger partial charge is 0.309 e. The van der Waals surface area contributed by atoms with Crippen molar-refractivity contribution in [3.05, 3.63) is 60.2 Å². The summed E-state index contributed by atoms with van der Waals surface area (Å²) >= 11 is 0. The van der Waals surface area contributed by atoms with Crippen LogP contribution in [-0.2, 0) is 19.8 Å². The van der Waals surface area contributed by atoms with Gasteiger partial charge in [0.25, 0.3) is 0 Å². The summed E-state index contributed by atoms with van der Waals surface area (Å²) in [5, 5.41) is 0. The Kier molecular flexibility index (Phi) is 5.75. The van der Waals surface area contributed by atoms with Crippen LogP contribution in [-0.4, -0.2) is 13.2 Å². The summed E-state index contributed by atoms with van der Waals surface area (Å²) < 4.78 is 23.3. The van der Waals surface area contributed by atoms with E-state index in [4.69, 9.17) is 9.05 Å². The van der Waals surface area contributed by atoms with Crippen LogP contribution >= 0.6 is 7.60 Å². The zero-order valence-corrected chi connectivity index (χ0v) is 13.4. The molecule has 0 aliphatic carbocycles. The number of hydrogen-bond donors (Lipinski definition) is 0. The van der Waals surface area contributed by atoms with Gasteiger partial charge in [-0.2, -0.15) is 0 Å². The lowest BCUT2D eigenvalue weighted by molar-refractivity contribution is 0.219. The minimum absolute atomic E-state index is 0.301. The maximum absolute atomic E-state index is 12.6. The van der Waals surface area contributed by atoms with Crippen LogP contribution in [0.4, 0.5) is 0 Å². The first kappa shape index (κ1) is 16.0. The second-order valence-electron chi connectivity index (χ2n) is 4.67. The Balaban J connectivity index is 2.23. The highest BCUT2D eigenvalue weighted by atomic mass is 31.2. The van der Waals surface area contributed by atoms with Gasteiger partial charge in [0, 0.05) is 0 Å². The van der Waals surface area contributed by atoms with Crippen molar-refractivity contribution in [1.82, 2.24) is 0 Å². The Bertz CT molecular complexity index is 600. The number of rotatable bonds is 7. The molecular weight excluding hydrogens is 283 g/mol. The number of benzene rings is 2. The molecular formula is C17H21O3P. The molecule has 0 atom stereocenters. The quantitative estimate of drug-likeness (QED) is 0.666. The molecule has 2 rings (SSSR count). The largest absolute Gasteiger partial charge is 0.335 e. The molecule has 4 heteroatoms. The Morgan fingerprint density at radius 1 is 0.857 bits per heavy atom. The van der Waals surface area contributed by atoms with Crippen LogP contribution in [0.15, 0.2) is 54.6 Å². The highest BCUT2D eigenvalue weighted by Crippen LogP contribution is 2.51. The predicted molar refractivity (Wildman–Crippen MR) is 86.4 cm³/mol. The van der Waals surface area contributed by atoms with E-state index in [-0.39, 0.29) is 0 Å². The molecule has 0 amide bonds. The van der Waals surface area contributed by atoms with Crippen LogP contribution < -0.4 is 0 Å². The van der Waals surface area contributed by atoms with Gasteiger partial charge in [-0.15, -0.1) is 0 Å². The summed E-state index contributed by atoms with van der Waals surface area (Å²) in [7, 11) is -3.05. The third-order valence-electron chi connectivity index (χ3n) is 3.06. The third kappa shape index (κ3) is 4.53. The second-order valence-corrected chi connectivity index (χ2v) is 6.73. The molecule has 0 saturated carbocycles. The molecule has 3 nitrogen and oxygen atoms in total. The van der Waals surface area contributed by atoms with E-state index in [1.807, 2.05) is 56.3 Å². The van der Waals surface area contributed by atoms with E-state index in [0.29, 0.717) is 19.4 Å². The van der Waals surface area contributed by atoms with Crippen LogP contribution in [0.3, 0.4) is 0 Å². The minimum Gasteiger partial charge on any atom is -0.309 e. The molecule has 0 N–H and O–H groups in total. The number of hydrogen-bond acceptors (Lipinski definition) is 3. The van der Waals surface area contributed by atoms with Crippen LogP contribution in [0.1, 0.15) is 19.4 Å². The molecule has 2 aromatic carbocycles. The monoisotopic (exact) mass is 304 g/mol. The first-order valence-electron chi connectivity index (χ1n) is 7.19. The Morgan fingerprint density at radius 2 is 1.48 bits per heavy atom. The van der Waals surface area contributed by atoms with Gasteiger partial charge in [0.1, 0.15) is 0 Å². The fourth-order valence-corrected chi connectivity index (χ4v) is 3.91. The molecule has 0 fully saturated rings. The molecule has 0 unspecified atom stereocenters. The Labute approximate surface area is 126 Å². The molecule has 0 bridgehead atoms. The topological polar surface area (TPSA) is 35.5 Å². The zero-order chi connectivity index (χ0) is 15.1. The van der Waals surface area contributed by atoms with Gasteiger partial charge in [-0.05, 0) is 30.5 Å². The van der Waals surface area contributed by atoms with Crippen molar-refractivity contribution in [2.75, 3.05) is 13.2 Å². The normalized spacial score (nSPS) is 11.5. The van der Waals surface area contributed by atoms with Gasteiger partial charge in [-0.25, -0.2) is 0 Å². The lowest BCUT2D eigenvalue weighted by atomic mass is 10.0. The van der Waals surface area contributed by atoms with Crippen molar-refractivity contribution in [2.24, 2.45) is 0 Å². The molecule has 0 aliphatic rings. The van der Waals surface area contributed by atoms with Gasteiger partial charge in [0.2, 0.25) is 0 Å². The minimum atomic E-state index is -3.05. The SMILES string of the molecule is CCOP(=O)(Cc1cccc(-c2ccccc2)c1)OCC. The van der Waals surface area contributed by atoms with Crippen molar-refractivity contribution in [2.45, 2.75) is 20.0 Å². The maximum Gasteiger partial charge on any atom is 0.335 e. The first-order chi connectivity index (χ1) is 10.2. The average molecular weight is 304 g/mol. The van der Waals surface area contributed by atoms with Gasteiger partial charge in [0.05, 0.1) is 19.4 Å². The molecule has 0 aliphatic heterocycles. The molecule has 0 aromatic heterocycles. The molecule has 0 heterocycles. The summed E-state index contributed by atoms with van der Waals surface area (Å²) in [6.45, 7) is 4.42. The molecule has 112 valence electrons. The van der Waals surface area contributed by atoms with Gasteiger partial charge in [0.15, 0.2) is 0 Å². The Morgan fingerprint density at radius 3 is 2.10 bits per heavy atom. The van der Waals surface area contributed by atoms with Crippen LogP contribution in [0.25, 0.3) is 11.1 Å². The summed E-state index contributed by atoms with van der Waals surface area (Å²) in [6.07, 6.45) is 0.301. The van der Waals surface area contributed by atoms with Crippen molar-refractivity contribution < 1.29 is 13.6 Å². The summed E-state index contributed by atoms with van der Waals surface area (Å²) in [4.78, 5) is 0. The van der Waals surface area contributed by atoms with Gasteiger partial charge < -0.3 is 9.05 Å². The van der Waals surface area contributed by atoms with E-state index < -0.39 is 7.60 Å². The highest BCUT2D eigenvalue weighted by molar-refractivity contribution is 7.53. The molecule has 2 aromatic rings. The first-order valence-corrected chi connectivity index (χ1v) is 8.92. The lowest BCUT2D eigenvalue weighted by Gasteiger charge is -2.17. The van der Waals surface area contributed by atoms with Crippen molar-refractivity contribution >= 4 is 7.60 Å². The van der Waals surface area contributed by atoms with Crippen LogP contribution in [0.2, 0.25) is 0 Å². The molecule has 0 radical (unpaired) electrons. The van der Waals surface area contributed by atoms with E-state index in [9.17, 15) is 4.57 Å². The average Bonchev–Trinajstić information content (AvgIpc) is 2.49. The Hall–Kier alpha value is -1.41. The third-order valence-corrected chi connectivity index (χ3v) is 5.12. The van der Waals surface area contributed by atoms with E-state index in [2.05, 4.69) is 12.1 Å². The van der Waals surface area contributed by atoms with E-state index in [1.54, 1.807) is 0 Å². The van der Waals surface area contributed by atoms with Gasteiger partial charge in [-0.1, -0.05) is 54.6 Å². The predicted octanol–water partition coefficient (Wildman–Crippen LogP) is 5.12. The molecule has 0 saturated heterocycles. The standard InChI is InChI=1S/C17H21O3P/c1-3-19-21(18,20-4-2)14-15-9-8-12-17(13-15)16-10-6-5-7-11-16/h5-13H,3-4,14H2,1-2H3. The lowest BCUT2D eigenvalue weighted by Crippen LogP contribution is -1.99. The van der Waals surface area contributed by atoms with E-state index in [1.165, 1.54) is 0 Å². The molecule has 0 spiro atoms.